The lowest BCUT2D eigenvalue weighted by atomic mass is 10.3. The van der Waals surface area contributed by atoms with Crippen LogP contribution in [0.5, 0.6) is 0 Å². The Bertz CT molecular complexity index is 229. The van der Waals surface area contributed by atoms with Crippen LogP contribution in [0.3, 0.4) is 0 Å². The number of nitrogens with two attached hydrogens (primary N) is 1. The van der Waals surface area contributed by atoms with Crippen LogP contribution in [0.15, 0.2) is 12.3 Å². The van der Waals surface area contributed by atoms with Gasteiger partial charge in [0.1, 0.15) is 0 Å². The summed E-state index contributed by atoms with van der Waals surface area (Å²) in [5.41, 5.74) is 6.52. The molecule has 0 radical (unpaired) electrons. The summed E-state index contributed by atoms with van der Waals surface area (Å²) in [4.78, 5) is 0. The van der Waals surface area contributed by atoms with Crippen molar-refractivity contribution < 1.29 is 0 Å². The van der Waals surface area contributed by atoms with Gasteiger partial charge in [-0.3, -0.25) is 4.68 Å². The fourth-order valence-corrected chi connectivity index (χ4v) is 1.09. The first-order valence-electron chi connectivity index (χ1n) is 4.52. The van der Waals surface area contributed by atoms with E-state index in [0.29, 0.717) is 12.6 Å². The predicted octanol–water partition coefficient (Wildman–Crippen LogP) is 1.36. The minimum absolute atomic E-state index is 0.497. The second kappa shape index (κ2) is 4.26. The van der Waals surface area contributed by atoms with Crippen molar-refractivity contribution in [3.63, 3.8) is 0 Å². The molecule has 1 aromatic rings. The van der Waals surface area contributed by atoms with Crippen molar-refractivity contribution in [2.75, 3.05) is 6.54 Å². The summed E-state index contributed by atoms with van der Waals surface area (Å²) in [6, 6.07) is 2.54. The molecule has 12 heavy (non-hydrogen) atoms. The molecule has 1 rings (SSSR count). The van der Waals surface area contributed by atoms with E-state index in [1.54, 1.807) is 0 Å². The number of hydrogen-bond donors (Lipinski definition) is 1. The van der Waals surface area contributed by atoms with Crippen LogP contribution in [-0.2, 0) is 6.42 Å². The molecule has 1 atom stereocenters. The maximum atomic E-state index is 5.43. The third-order valence-electron chi connectivity index (χ3n) is 2.11. The van der Waals surface area contributed by atoms with Gasteiger partial charge in [-0.2, -0.15) is 5.10 Å². The number of aromatic nitrogens is 2. The summed E-state index contributed by atoms with van der Waals surface area (Å²) < 4.78 is 2.00. The molecule has 0 saturated carbocycles. The van der Waals surface area contributed by atoms with Gasteiger partial charge in [-0.05, 0) is 26.0 Å². The van der Waals surface area contributed by atoms with Crippen LogP contribution in [0, 0.1) is 0 Å². The topological polar surface area (TPSA) is 43.8 Å². The highest BCUT2D eigenvalue weighted by Gasteiger charge is 2.02. The molecule has 2 N–H and O–H groups in total. The summed E-state index contributed by atoms with van der Waals surface area (Å²) in [6.45, 7) is 5.01. The molecule has 1 heterocycles. The summed E-state index contributed by atoms with van der Waals surface area (Å²) in [5.74, 6) is 0. The minimum Gasteiger partial charge on any atom is -0.330 e. The van der Waals surface area contributed by atoms with Crippen LogP contribution in [0.1, 0.15) is 32.0 Å². The molecule has 1 aromatic heterocycles. The van der Waals surface area contributed by atoms with Gasteiger partial charge >= 0.3 is 0 Å². The summed E-state index contributed by atoms with van der Waals surface area (Å²) >= 11 is 0. The molecular formula is C9H17N3. The molecular weight excluding hydrogens is 150 g/mol. The molecule has 0 aliphatic heterocycles. The molecule has 0 aliphatic rings. The Kier molecular flexibility index (Phi) is 3.29. The number of rotatable bonds is 4. The van der Waals surface area contributed by atoms with E-state index in [9.17, 15) is 0 Å². The van der Waals surface area contributed by atoms with Crippen LogP contribution in [0.2, 0.25) is 0 Å². The van der Waals surface area contributed by atoms with Crippen molar-refractivity contribution in [3.8, 4) is 0 Å². The Hall–Kier alpha value is -0.830. The maximum Gasteiger partial charge on any atom is 0.0637 e. The zero-order chi connectivity index (χ0) is 8.97. The first kappa shape index (κ1) is 9.26. The fraction of sp³-hybridized carbons (Fsp3) is 0.667. The van der Waals surface area contributed by atoms with E-state index >= 15 is 0 Å². The molecule has 1 unspecified atom stereocenters. The second-order valence-electron chi connectivity index (χ2n) is 3.08. The Labute approximate surface area is 73.6 Å². The van der Waals surface area contributed by atoms with E-state index in [4.69, 9.17) is 5.73 Å². The van der Waals surface area contributed by atoms with Crippen molar-refractivity contribution >= 4 is 0 Å². The molecule has 0 aromatic carbocycles. The number of hydrogen-bond acceptors (Lipinski definition) is 2. The lowest BCUT2D eigenvalue weighted by molar-refractivity contribution is 0.474. The molecule has 0 fully saturated rings. The monoisotopic (exact) mass is 167 g/mol. The van der Waals surface area contributed by atoms with Gasteiger partial charge in [0.25, 0.3) is 0 Å². The first-order valence-corrected chi connectivity index (χ1v) is 4.52. The highest BCUT2D eigenvalue weighted by molar-refractivity contribution is 4.99. The molecule has 0 spiro atoms. The van der Waals surface area contributed by atoms with Crippen molar-refractivity contribution in [2.24, 2.45) is 5.73 Å². The highest BCUT2D eigenvalue weighted by atomic mass is 15.3. The zero-order valence-electron chi connectivity index (χ0n) is 7.83. The van der Waals surface area contributed by atoms with Gasteiger partial charge in [-0.15, -0.1) is 0 Å². The van der Waals surface area contributed by atoms with E-state index in [0.717, 1.165) is 18.5 Å². The van der Waals surface area contributed by atoms with Gasteiger partial charge < -0.3 is 5.73 Å². The SMILES string of the molecule is CCC(C)n1ccc(CCN)n1. The largest absolute Gasteiger partial charge is 0.330 e. The van der Waals surface area contributed by atoms with Crippen LogP contribution in [0.25, 0.3) is 0 Å². The average Bonchev–Trinajstić information content (AvgIpc) is 2.52. The molecule has 0 amide bonds. The summed E-state index contributed by atoms with van der Waals surface area (Å²) in [6.07, 6.45) is 4.02. The van der Waals surface area contributed by atoms with Crippen molar-refractivity contribution in [1.29, 1.82) is 0 Å². The van der Waals surface area contributed by atoms with Gasteiger partial charge in [0.2, 0.25) is 0 Å². The molecule has 3 heteroatoms. The maximum absolute atomic E-state index is 5.43. The van der Waals surface area contributed by atoms with Crippen LogP contribution < -0.4 is 5.73 Å². The first-order chi connectivity index (χ1) is 5.77. The minimum atomic E-state index is 0.497. The van der Waals surface area contributed by atoms with Gasteiger partial charge in [-0.1, -0.05) is 6.92 Å². The highest BCUT2D eigenvalue weighted by Crippen LogP contribution is 2.08. The predicted molar refractivity (Wildman–Crippen MR) is 50.0 cm³/mol. The van der Waals surface area contributed by atoms with E-state index < -0.39 is 0 Å². The van der Waals surface area contributed by atoms with Gasteiger partial charge in [0.15, 0.2) is 0 Å². The summed E-state index contributed by atoms with van der Waals surface area (Å²) in [7, 11) is 0. The Morgan fingerprint density at radius 3 is 3.00 bits per heavy atom. The van der Waals surface area contributed by atoms with E-state index in [1.807, 2.05) is 16.9 Å². The van der Waals surface area contributed by atoms with Gasteiger partial charge in [-0.25, -0.2) is 0 Å². The molecule has 68 valence electrons. The van der Waals surface area contributed by atoms with Crippen molar-refractivity contribution in [3.05, 3.63) is 18.0 Å². The summed E-state index contributed by atoms with van der Waals surface area (Å²) in [5, 5.41) is 4.41. The fourth-order valence-electron chi connectivity index (χ4n) is 1.09. The zero-order valence-corrected chi connectivity index (χ0v) is 7.83. The third-order valence-corrected chi connectivity index (χ3v) is 2.11. The lowest BCUT2D eigenvalue weighted by Gasteiger charge is -2.07. The van der Waals surface area contributed by atoms with Crippen LogP contribution >= 0.6 is 0 Å². The lowest BCUT2D eigenvalue weighted by Crippen LogP contribution is -2.07. The molecule has 0 aliphatic carbocycles. The van der Waals surface area contributed by atoms with Crippen molar-refractivity contribution in [2.45, 2.75) is 32.7 Å². The Balaban J connectivity index is 2.63. The second-order valence-corrected chi connectivity index (χ2v) is 3.08. The van der Waals surface area contributed by atoms with Crippen molar-refractivity contribution in [1.82, 2.24) is 9.78 Å². The Morgan fingerprint density at radius 2 is 2.42 bits per heavy atom. The molecule has 3 nitrogen and oxygen atoms in total. The van der Waals surface area contributed by atoms with Crippen LogP contribution in [-0.4, -0.2) is 16.3 Å². The third kappa shape index (κ3) is 2.08. The van der Waals surface area contributed by atoms with E-state index in [2.05, 4.69) is 18.9 Å². The molecule has 0 saturated heterocycles. The normalized spacial score (nSPS) is 13.2. The Morgan fingerprint density at radius 1 is 1.67 bits per heavy atom. The van der Waals surface area contributed by atoms with E-state index in [-0.39, 0.29) is 0 Å². The van der Waals surface area contributed by atoms with Gasteiger partial charge in [0.05, 0.1) is 5.69 Å². The molecule has 0 bridgehead atoms. The van der Waals surface area contributed by atoms with Crippen LogP contribution in [0.4, 0.5) is 0 Å². The number of nitrogens with zero attached hydrogens (tertiary/aromatic N) is 2. The standard InChI is InChI=1S/C9H17N3/c1-3-8(2)12-7-5-9(11-12)4-6-10/h5,7-8H,3-4,6,10H2,1-2H3. The smallest absolute Gasteiger partial charge is 0.0637 e. The van der Waals surface area contributed by atoms with E-state index in [1.165, 1.54) is 0 Å². The average molecular weight is 167 g/mol. The quantitative estimate of drug-likeness (QED) is 0.735. The van der Waals surface area contributed by atoms with Gasteiger partial charge in [0, 0.05) is 18.7 Å².